The molecule has 0 heterocycles. The van der Waals surface area contributed by atoms with Crippen molar-refractivity contribution in [2.24, 2.45) is 5.73 Å². The van der Waals surface area contributed by atoms with Gasteiger partial charge in [0.25, 0.3) is 5.69 Å². The quantitative estimate of drug-likeness (QED) is 0.172. The summed E-state index contributed by atoms with van der Waals surface area (Å²) in [6.07, 6.45) is 0. The molecule has 0 saturated carbocycles. The van der Waals surface area contributed by atoms with Crippen LogP contribution >= 0.6 is 0 Å². The van der Waals surface area contributed by atoms with Gasteiger partial charge in [0.2, 0.25) is 15.7 Å². The van der Waals surface area contributed by atoms with Gasteiger partial charge in [0.15, 0.2) is 0 Å². The molecule has 0 aliphatic rings. The van der Waals surface area contributed by atoms with Crippen LogP contribution in [0.4, 0.5) is 41.5 Å². The minimum atomic E-state index is -4.97. The number of nitro groups is 1. The van der Waals surface area contributed by atoms with Gasteiger partial charge >= 0.3 is 0 Å². The Bertz CT molecular complexity index is 792. The van der Waals surface area contributed by atoms with Crippen molar-refractivity contribution < 1.29 is 49.2 Å². The van der Waals surface area contributed by atoms with Gasteiger partial charge in [-0.3, -0.25) is 10.1 Å². The maximum Gasteiger partial charge on any atom is 0.269 e. The predicted molar refractivity (Wildman–Crippen MR) is 85.5 cm³/mol. The first kappa shape index (κ1) is 28.8. The number of hydrogen-bond acceptors (Lipinski definition) is 9. The summed E-state index contributed by atoms with van der Waals surface area (Å²) in [4.78, 5) is 8.88. The maximum atomic E-state index is 12.8. The summed E-state index contributed by atoms with van der Waals surface area (Å²) in [6.45, 7) is -4.04. The van der Waals surface area contributed by atoms with Crippen LogP contribution in [0.5, 0.6) is 0 Å². The first-order valence-corrected chi connectivity index (χ1v) is 8.90. The van der Waals surface area contributed by atoms with Crippen molar-refractivity contribution in [2.75, 3.05) is 19.9 Å². The van der Waals surface area contributed by atoms with E-state index in [1.165, 1.54) is 0 Å². The molecule has 20 heteroatoms. The Morgan fingerprint density at radius 2 is 1.39 bits per heavy atom. The third kappa shape index (κ3) is 8.43. The molecule has 0 amide bonds. The number of halogens is 8. The Morgan fingerprint density at radius 1 is 0.968 bits per heavy atom. The molecule has 0 unspecified atom stereocenters. The second kappa shape index (κ2) is 12.0. The normalized spacial score (nSPS) is 12.6. The smallest absolute Gasteiger partial charge is 0.269 e. The minimum Gasteiger partial charge on any atom is -0.314 e. The number of nitrogens with zero attached hydrogens (tertiary/aromatic N) is 6. The lowest BCUT2D eigenvalue weighted by Crippen LogP contribution is -2.56. The lowest BCUT2D eigenvalue weighted by Gasteiger charge is -2.33. The van der Waals surface area contributed by atoms with E-state index in [0.29, 0.717) is 12.1 Å². The Morgan fingerprint density at radius 3 is 1.68 bits per heavy atom. The van der Waals surface area contributed by atoms with Gasteiger partial charge in [0, 0.05) is 33.5 Å². The molecule has 0 aliphatic heterocycles. The molecule has 0 fully saturated rings. The van der Waals surface area contributed by atoms with Crippen LogP contribution in [0.25, 0.3) is 0 Å². The molecular formula is C11H15F8N7O4S. The highest BCUT2D eigenvalue weighted by Crippen LogP contribution is 2.28. The Balaban J connectivity index is 0.00000161. The molecule has 1 aromatic rings. The number of benzene rings is 1. The molecule has 1 aromatic carbocycles. The molecule has 11 nitrogen and oxygen atoms in total. The van der Waals surface area contributed by atoms with Crippen LogP contribution in [0.2, 0.25) is 0 Å². The molecule has 0 saturated heterocycles. The van der Waals surface area contributed by atoms with Gasteiger partial charge in [-0.25, -0.2) is 8.42 Å². The second-order valence-corrected chi connectivity index (χ2v) is 7.42. The third-order valence-corrected chi connectivity index (χ3v) is 5.08. The number of nitro benzene ring substituents is 1. The summed E-state index contributed by atoms with van der Waals surface area (Å²) >= 11 is 0. The summed E-state index contributed by atoms with van der Waals surface area (Å²) < 4.78 is 121. The van der Waals surface area contributed by atoms with Crippen molar-refractivity contribution in [1.82, 2.24) is 25.7 Å². The van der Waals surface area contributed by atoms with Crippen molar-refractivity contribution in [1.29, 1.82) is 0 Å². The van der Waals surface area contributed by atoms with Crippen LogP contribution in [0, 0.1) is 10.1 Å². The molecule has 0 aliphatic carbocycles. The molecule has 180 valence electrons. The van der Waals surface area contributed by atoms with Crippen LogP contribution in [-0.2, 0) is 10.0 Å². The van der Waals surface area contributed by atoms with E-state index in [4.69, 9.17) is 0 Å². The lowest BCUT2D eigenvalue weighted by molar-refractivity contribution is -0.384. The van der Waals surface area contributed by atoms with E-state index in [0.717, 1.165) is 12.1 Å². The average Bonchev–Trinajstić information content (AvgIpc) is 2.67. The zero-order chi connectivity index (χ0) is 24.6. The number of non-ortho nitro benzene ring substituents is 1. The van der Waals surface area contributed by atoms with E-state index in [2.05, 4.69) is 5.73 Å². The van der Waals surface area contributed by atoms with Crippen molar-refractivity contribution in [3.05, 3.63) is 34.4 Å². The van der Waals surface area contributed by atoms with E-state index in [1.54, 1.807) is 0 Å². The van der Waals surface area contributed by atoms with Gasteiger partial charge < -0.3 is 5.73 Å². The number of nitrogens with two attached hydrogens (primary N) is 1. The van der Waals surface area contributed by atoms with Gasteiger partial charge in [-0.1, -0.05) is 17.9 Å². The average molecular weight is 493 g/mol. The molecule has 0 bridgehead atoms. The Kier molecular flexibility index (Phi) is 11.1. The van der Waals surface area contributed by atoms with E-state index in [9.17, 15) is 54.4 Å². The molecule has 2 N–H and O–H groups in total. The molecule has 31 heavy (non-hydrogen) atoms. The van der Waals surface area contributed by atoms with Crippen molar-refractivity contribution in [3.63, 3.8) is 0 Å². The highest BCUT2D eigenvalue weighted by molar-refractivity contribution is 7.89. The molecular weight excluding hydrogens is 478 g/mol. The molecule has 0 aromatic heterocycles. The molecule has 0 radical (unpaired) electrons. The van der Waals surface area contributed by atoms with Gasteiger partial charge in [0.05, 0.1) is 16.4 Å². The van der Waals surface area contributed by atoms with Crippen molar-refractivity contribution in [2.45, 2.75) is 17.5 Å². The summed E-state index contributed by atoms with van der Waals surface area (Å²) in [5.41, 5.74) is 0.277. The first-order chi connectivity index (χ1) is 14.1. The zero-order valence-corrected chi connectivity index (χ0v) is 16.1. The van der Waals surface area contributed by atoms with E-state index >= 15 is 0 Å². The SMILES string of the molecule is CC(CN(CN(F)F)S(=O)(=O)c1ccc([N+](=O)[O-])cc1)(N(F)F)N(F)F.NCN(F)F. The number of hydrogen-bond donors (Lipinski definition) is 1. The first-order valence-electron chi connectivity index (χ1n) is 7.46. The number of rotatable bonds is 10. The van der Waals surface area contributed by atoms with Gasteiger partial charge in [-0.2, -0.15) is 4.31 Å². The van der Waals surface area contributed by atoms with Crippen LogP contribution in [0.15, 0.2) is 29.2 Å². The fourth-order valence-corrected chi connectivity index (χ4v) is 3.15. The predicted octanol–water partition coefficient (Wildman–Crippen LogP) is 2.45. The van der Waals surface area contributed by atoms with Crippen LogP contribution in [0.3, 0.4) is 0 Å². The third-order valence-electron chi connectivity index (χ3n) is 3.29. The van der Waals surface area contributed by atoms with Crippen molar-refractivity contribution in [3.8, 4) is 0 Å². The minimum absolute atomic E-state index is 0.214. The van der Waals surface area contributed by atoms with Gasteiger partial charge in [-0.05, 0) is 19.1 Å². The Labute approximate surface area is 169 Å². The molecule has 0 atom stereocenters. The van der Waals surface area contributed by atoms with E-state index in [-0.39, 0.29) is 11.2 Å². The van der Waals surface area contributed by atoms with Gasteiger partial charge in [0.1, 0.15) is 13.3 Å². The fraction of sp³-hybridized carbons (Fsp3) is 0.455. The topological polar surface area (TPSA) is 119 Å². The summed E-state index contributed by atoms with van der Waals surface area (Å²) in [7, 11) is -4.97. The highest BCUT2D eigenvalue weighted by atomic mass is 32.2. The lowest BCUT2D eigenvalue weighted by atomic mass is 10.2. The summed E-state index contributed by atoms with van der Waals surface area (Å²) in [5, 5.41) is 3.66. The summed E-state index contributed by atoms with van der Waals surface area (Å²) in [6, 6.07) is 2.76. The van der Waals surface area contributed by atoms with Crippen LogP contribution in [0.1, 0.15) is 6.92 Å². The van der Waals surface area contributed by atoms with Crippen LogP contribution < -0.4 is 5.73 Å². The standard InChI is InChI=1S/C10H11F6N5O4S.CH4F2N2/c1-10(20(13)14,21(15)16)6-17(7-18(11)12)26(24,25)9-4-2-8(3-5-9)19(22)23;2-5(3)1-4/h2-5H,6-7H2,1H3;1,4H2. The highest BCUT2D eigenvalue weighted by Gasteiger charge is 2.47. The zero-order valence-electron chi connectivity index (χ0n) is 15.3. The monoisotopic (exact) mass is 493 g/mol. The molecule has 1 rings (SSSR count). The fourth-order valence-electron chi connectivity index (χ4n) is 1.72. The van der Waals surface area contributed by atoms with E-state index in [1.807, 2.05) is 0 Å². The maximum absolute atomic E-state index is 12.8. The Hall–Kier alpha value is -2.23. The number of sulfonamides is 1. The van der Waals surface area contributed by atoms with Crippen molar-refractivity contribution >= 4 is 15.7 Å². The van der Waals surface area contributed by atoms with Gasteiger partial charge in [-0.15, -0.1) is 17.9 Å². The summed E-state index contributed by atoms with van der Waals surface area (Å²) in [5.74, 6) is 0. The largest absolute Gasteiger partial charge is 0.314 e. The van der Waals surface area contributed by atoms with E-state index < -0.39 is 72.5 Å². The second-order valence-electron chi connectivity index (χ2n) is 5.48. The van der Waals surface area contributed by atoms with Crippen LogP contribution in [-0.4, -0.2) is 64.6 Å². The molecule has 0 spiro atoms.